The summed E-state index contributed by atoms with van der Waals surface area (Å²) >= 11 is 0. The van der Waals surface area contributed by atoms with E-state index in [2.05, 4.69) is 0 Å². The number of esters is 1. The van der Waals surface area contributed by atoms with Gasteiger partial charge in [0.2, 0.25) is 6.29 Å². The molecule has 5 heteroatoms. The fourth-order valence-corrected chi connectivity index (χ4v) is 3.69. The molecule has 5 unspecified atom stereocenters. The number of carbonyl (C=O) groups is 3. The molecule has 1 saturated carbocycles. The predicted molar refractivity (Wildman–Crippen MR) is 63.7 cm³/mol. The highest BCUT2D eigenvalue weighted by Crippen LogP contribution is 2.44. The van der Waals surface area contributed by atoms with Crippen molar-refractivity contribution in [1.29, 1.82) is 0 Å². The van der Waals surface area contributed by atoms with Gasteiger partial charge in [-0.25, -0.2) is 0 Å². The Labute approximate surface area is 110 Å². The molecule has 0 spiro atoms. The predicted octanol–water partition coefficient (Wildman–Crippen LogP) is 0.608. The monoisotopic (exact) mass is 264 g/mol. The van der Waals surface area contributed by atoms with E-state index in [1.807, 2.05) is 13.0 Å². The van der Waals surface area contributed by atoms with Crippen LogP contribution in [0, 0.1) is 23.7 Å². The Bertz CT molecular complexity index is 492. The van der Waals surface area contributed by atoms with Gasteiger partial charge in [0.25, 0.3) is 0 Å². The first-order valence-electron chi connectivity index (χ1n) is 6.58. The SMILES string of the molecule is CC1=CC(C2CC(=O)OC2O)CC2C(=O)CC(=O)C12. The Hall–Kier alpha value is -1.49. The molecule has 1 aliphatic heterocycles. The summed E-state index contributed by atoms with van der Waals surface area (Å²) in [5.74, 6) is -1.33. The maximum atomic E-state index is 11.9. The van der Waals surface area contributed by atoms with Crippen LogP contribution in [0.2, 0.25) is 0 Å². The van der Waals surface area contributed by atoms with Crippen LogP contribution in [0.4, 0.5) is 0 Å². The second-order valence-electron chi connectivity index (χ2n) is 5.75. The Balaban J connectivity index is 1.87. The molecule has 1 heterocycles. The van der Waals surface area contributed by atoms with E-state index in [1.165, 1.54) is 0 Å². The minimum absolute atomic E-state index is 0.00139. The van der Waals surface area contributed by atoms with Gasteiger partial charge in [0.1, 0.15) is 11.6 Å². The third kappa shape index (κ3) is 1.92. The molecule has 5 atom stereocenters. The second kappa shape index (κ2) is 4.27. The van der Waals surface area contributed by atoms with Crippen molar-refractivity contribution in [1.82, 2.24) is 0 Å². The number of allylic oxidation sites excluding steroid dienone is 2. The van der Waals surface area contributed by atoms with Gasteiger partial charge in [-0.3, -0.25) is 14.4 Å². The van der Waals surface area contributed by atoms with E-state index in [1.54, 1.807) is 0 Å². The lowest BCUT2D eigenvalue weighted by molar-refractivity contribution is -0.157. The van der Waals surface area contributed by atoms with Gasteiger partial charge in [0, 0.05) is 17.8 Å². The Morgan fingerprint density at radius 2 is 2.00 bits per heavy atom. The zero-order valence-electron chi connectivity index (χ0n) is 10.7. The summed E-state index contributed by atoms with van der Waals surface area (Å²) in [7, 11) is 0. The van der Waals surface area contributed by atoms with E-state index < -0.39 is 12.3 Å². The Morgan fingerprint density at radius 1 is 1.26 bits per heavy atom. The fourth-order valence-electron chi connectivity index (χ4n) is 3.69. The normalized spacial score (nSPS) is 42.1. The van der Waals surface area contributed by atoms with Gasteiger partial charge < -0.3 is 9.84 Å². The number of fused-ring (bicyclic) bond motifs is 1. The van der Waals surface area contributed by atoms with Crippen LogP contribution in [0.25, 0.3) is 0 Å². The number of aliphatic hydroxyl groups excluding tert-OH is 1. The average molecular weight is 264 g/mol. The Kier molecular flexibility index (Phi) is 2.82. The molecule has 0 bridgehead atoms. The third-order valence-corrected chi connectivity index (χ3v) is 4.58. The standard InChI is InChI=1S/C14H16O5/c1-6-2-7(8-4-12(17)19-14(8)18)3-9-10(15)5-11(16)13(6)9/h2,7-9,13-14,18H,3-5H2,1H3. The number of carbonyl (C=O) groups excluding carboxylic acids is 3. The van der Waals surface area contributed by atoms with Crippen LogP contribution in [0.3, 0.4) is 0 Å². The number of aliphatic hydroxyl groups is 1. The molecule has 0 aromatic rings. The highest BCUT2D eigenvalue weighted by Gasteiger charge is 2.48. The quantitative estimate of drug-likeness (QED) is 0.426. The molecule has 1 N–H and O–H groups in total. The summed E-state index contributed by atoms with van der Waals surface area (Å²) in [5, 5.41) is 9.73. The van der Waals surface area contributed by atoms with Crippen molar-refractivity contribution in [2.24, 2.45) is 23.7 Å². The number of ketones is 2. The van der Waals surface area contributed by atoms with Crippen molar-refractivity contribution in [2.45, 2.75) is 32.5 Å². The molecular weight excluding hydrogens is 248 g/mol. The summed E-state index contributed by atoms with van der Waals surface area (Å²) < 4.78 is 4.76. The van der Waals surface area contributed by atoms with Crippen molar-refractivity contribution >= 4 is 17.5 Å². The molecule has 19 heavy (non-hydrogen) atoms. The lowest BCUT2D eigenvalue weighted by atomic mass is 9.71. The van der Waals surface area contributed by atoms with Crippen molar-refractivity contribution in [3.8, 4) is 0 Å². The first-order valence-corrected chi connectivity index (χ1v) is 6.58. The number of cyclic esters (lactones) is 1. The molecule has 5 nitrogen and oxygen atoms in total. The molecule has 2 fully saturated rings. The van der Waals surface area contributed by atoms with Gasteiger partial charge >= 0.3 is 5.97 Å². The highest BCUT2D eigenvalue weighted by molar-refractivity contribution is 6.10. The van der Waals surface area contributed by atoms with Gasteiger partial charge in [0.05, 0.1) is 12.8 Å². The first kappa shape index (κ1) is 12.5. The summed E-state index contributed by atoms with van der Waals surface area (Å²) in [4.78, 5) is 34.9. The van der Waals surface area contributed by atoms with Gasteiger partial charge in [-0.05, 0) is 19.3 Å². The number of rotatable bonds is 1. The minimum Gasteiger partial charge on any atom is -0.436 e. The van der Waals surface area contributed by atoms with Crippen LogP contribution in [-0.2, 0) is 19.1 Å². The van der Waals surface area contributed by atoms with E-state index in [0.29, 0.717) is 6.42 Å². The van der Waals surface area contributed by atoms with Gasteiger partial charge in [-0.2, -0.15) is 0 Å². The zero-order chi connectivity index (χ0) is 13.7. The maximum absolute atomic E-state index is 11.9. The maximum Gasteiger partial charge on any atom is 0.308 e. The van der Waals surface area contributed by atoms with Crippen LogP contribution >= 0.6 is 0 Å². The van der Waals surface area contributed by atoms with Crippen molar-refractivity contribution in [2.75, 3.05) is 0 Å². The lowest BCUT2D eigenvalue weighted by Crippen LogP contribution is -2.32. The van der Waals surface area contributed by atoms with Crippen LogP contribution in [0.5, 0.6) is 0 Å². The zero-order valence-corrected chi connectivity index (χ0v) is 10.7. The molecule has 3 aliphatic rings. The van der Waals surface area contributed by atoms with E-state index in [0.717, 1.165) is 5.57 Å². The largest absolute Gasteiger partial charge is 0.436 e. The number of ether oxygens (including phenoxy) is 1. The van der Waals surface area contributed by atoms with E-state index in [4.69, 9.17) is 4.74 Å². The molecule has 0 amide bonds. The molecule has 2 aliphatic carbocycles. The summed E-state index contributed by atoms with van der Waals surface area (Å²) in [6.07, 6.45) is 1.58. The van der Waals surface area contributed by atoms with Crippen LogP contribution in [0.1, 0.15) is 26.2 Å². The molecule has 102 valence electrons. The molecule has 1 saturated heterocycles. The topological polar surface area (TPSA) is 80.7 Å². The van der Waals surface area contributed by atoms with E-state index >= 15 is 0 Å². The lowest BCUT2D eigenvalue weighted by Gasteiger charge is -2.31. The number of Topliss-reactive ketones (excluding diaryl/α,β-unsaturated/α-hetero) is 2. The molecule has 0 radical (unpaired) electrons. The highest BCUT2D eigenvalue weighted by atomic mass is 16.6. The third-order valence-electron chi connectivity index (χ3n) is 4.58. The first-order chi connectivity index (χ1) is 8.97. The molecular formula is C14H16O5. The van der Waals surface area contributed by atoms with Gasteiger partial charge in [-0.15, -0.1) is 0 Å². The van der Waals surface area contributed by atoms with E-state index in [-0.39, 0.29) is 48.1 Å². The number of hydrogen-bond donors (Lipinski definition) is 1. The van der Waals surface area contributed by atoms with Crippen LogP contribution in [-0.4, -0.2) is 28.9 Å². The van der Waals surface area contributed by atoms with Crippen molar-refractivity contribution < 1.29 is 24.2 Å². The minimum atomic E-state index is -1.09. The molecule has 3 rings (SSSR count). The molecule has 0 aromatic heterocycles. The van der Waals surface area contributed by atoms with Crippen molar-refractivity contribution in [3.05, 3.63) is 11.6 Å². The average Bonchev–Trinajstić information content (AvgIpc) is 2.80. The Morgan fingerprint density at radius 3 is 2.63 bits per heavy atom. The summed E-state index contributed by atoms with van der Waals surface area (Å²) in [5.41, 5.74) is 0.892. The number of hydrogen-bond acceptors (Lipinski definition) is 5. The van der Waals surface area contributed by atoms with Crippen molar-refractivity contribution in [3.63, 3.8) is 0 Å². The van der Waals surface area contributed by atoms with Gasteiger partial charge in [-0.1, -0.05) is 11.6 Å². The van der Waals surface area contributed by atoms with Gasteiger partial charge in [0.15, 0.2) is 0 Å². The summed E-state index contributed by atoms with van der Waals surface area (Å²) in [6.45, 7) is 1.85. The summed E-state index contributed by atoms with van der Waals surface area (Å²) in [6, 6.07) is 0. The van der Waals surface area contributed by atoms with E-state index in [9.17, 15) is 19.5 Å². The van der Waals surface area contributed by atoms with Crippen LogP contribution in [0.15, 0.2) is 11.6 Å². The van der Waals surface area contributed by atoms with Crippen LogP contribution < -0.4 is 0 Å². The smallest absolute Gasteiger partial charge is 0.308 e. The fraction of sp³-hybridized carbons (Fsp3) is 0.643. The molecule has 0 aromatic carbocycles. The second-order valence-corrected chi connectivity index (χ2v) is 5.75.